The first kappa shape index (κ1) is 29.6. The third kappa shape index (κ3) is 6.33. The number of carbonyl (C=O) groups is 1. The van der Waals surface area contributed by atoms with Gasteiger partial charge in [-0.2, -0.15) is 5.26 Å². The summed E-state index contributed by atoms with van der Waals surface area (Å²) < 4.78 is 0. The van der Waals surface area contributed by atoms with E-state index >= 15 is 0 Å². The molecule has 1 aliphatic rings. The van der Waals surface area contributed by atoms with E-state index in [9.17, 15) is 10.1 Å². The van der Waals surface area contributed by atoms with Crippen LogP contribution in [0.2, 0.25) is 0 Å². The fourth-order valence-electron chi connectivity index (χ4n) is 5.90. The highest BCUT2D eigenvalue weighted by molar-refractivity contribution is 5.94. The lowest BCUT2D eigenvalue weighted by Crippen LogP contribution is -2.59. The highest BCUT2D eigenvalue weighted by Crippen LogP contribution is 2.35. The van der Waals surface area contributed by atoms with Gasteiger partial charge in [-0.1, -0.05) is 23.3 Å². The van der Waals surface area contributed by atoms with Crippen LogP contribution in [0.4, 0.5) is 0 Å². The molecule has 2 heterocycles. The maximum atomic E-state index is 13.5. The second-order valence-corrected chi connectivity index (χ2v) is 11.4. The third-order valence-corrected chi connectivity index (χ3v) is 8.15. The minimum atomic E-state index is -0.642. The number of fused-ring (bicyclic) bond motifs is 1. The van der Waals surface area contributed by atoms with Crippen LogP contribution >= 0.6 is 0 Å². The quantitative estimate of drug-likeness (QED) is 0.166. The van der Waals surface area contributed by atoms with Crippen LogP contribution in [0.1, 0.15) is 49.9 Å². The van der Waals surface area contributed by atoms with Gasteiger partial charge in [0.25, 0.3) is 0 Å². The van der Waals surface area contributed by atoms with Crippen LogP contribution in [0.25, 0.3) is 22.2 Å². The molecule has 8 heteroatoms. The average molecular weight is 544 g/mol. The number of H-pyrrole nitrogens is 1. The molecule has 1 saturated heterocycles. The number of amides is 1. The minimum absolute atomic E-state index is 0.145. The van der Waals surface area contributed by atoms with E-state index < -0.39 is 5.41 Å². The third-order valence-electron chi connectivity index (χ3n) is 8.15. The molecule has 3 aromatic rings. The van der Waals surface area contributed by atoms with Crippen molar-refractivity contribution in [3.63, 3.8) is 0 Å². The van der Waals surface area contributed by atoms with Crippen molar-refractivity contribution < 1.29 is 4.79 Å². The molecule has 1 unspecified atom stereocenters. The van der Waals surface area contributed by atoms with E-state index in [1.807, 2.05) is 32.6 Å². The second kappa shape index (κ2) is 12.9. The largest absolute Gasteiger partial charge is 0.354 e. The van der Waals surface area contributed by atoms with Gasteiger partial charge in [-0.25, -0.2) is 0 Å². The summed E-state index contributed by atoms with van der Waals surface area (Å²) in [4.78, 5) is 21.4. The number of benzene rings is 2. The molecule has 0 saturated carbocycles. The molecule has 214 valence electrons. The van der Waals surface area contributed by atoms with E-state index in [4.69, 9.17) is 0 Å². The number of nitrogens with one attached hydrogen (secondary N) is 4. The molecule has 4 rings (SSSR count). The first-order valence-corrected chi connectivity index (χ1v) is 14.6. The number of hydrogen-bond donors (Lipinski definition) is 4. The molecule has 8 nitrogen and oxygen atoms in total. The molecule has 0 aliphatic carbocycles. The van der Waals surface area contributed by atoms with Crippen LogP contribution in [0, 0.1) is 25.3 Å². The highest BCUT2D eigenvalue weighted by atomic mass is 16.2. The number of aryl methyl sites for hydroxylation is 2. The average Bonchev–Trinajstić information content (AvgIpc) is 3.31. The smallest absolute Gasteiger partial charge is 0.232 e. The van der Waals surface area contributed by atoms with Crippen molar-refractivity contribution in [2.24, 2.45) is 0 Å². The van der Waals surface area contributed by atoms with Gasteiger partial charge < -0.3 is 15.2 Å². The zero-order valence-corrected chi connectivity index (χ0v) is 24.9. The Morgan fingerprint density at radius 3 is 2.40 bits per heavy atom. The van der Waals surface area contributed by atoms with Gasteiger partial charge in [0.05, 0.1) is 5.41 Å². The molecule has 1 atom stereocenters. The molecule has 1 aromatic heterocycles. The summed E-state index contributed by atoms with van der Waals surface area (Å²) in [6.07, 6.45) is 2.69. The van der Waals surface area contributed by atoms with Gasteiger partial charge in [-0.3, -0.25) is 20.3 Å². The Kier molecular flexibility index (Phi) is 9.52. The number of rotatable bonds is 11. The predicted octanol–water partition coefficient (Wildman–Crippen LogP) is 3.99. The summed E-state index contributed by atoms with van der Waals surface area (Å²) in [6.45, 7) is 18.1. The molecule has 0 radical (unpaired) electrons. The Morgan fingerprint density at radius 1 is 1.10 bits per heavy atom. The van der Waals surface area contributed by atoms with E-state index in [2.05, 4.69) is 82.3 Å². The van der Waals surface area contributed by atoms with Gasteiger partial charge >= 0.3 is 0 Å². The zero-order valence-electron chi connectivity index (χ0n) is 24.9. The van der Waals surface area contributed by atoms with Crippen LogP contribution in [-0.2, 0) is 16.6 Å². The summed E-state index contributed by atoms with van der Waals surface area (Å²) in [7, 11) is 0. The van der Waals surface area contributed by atoms with Crippen molar-refractivity contribution in [1.29, 1.82) is 5.26 Å². The zero-order chi connectivity index (χ0) is 28.9. The Bertz CT molecular complexity index is 1340. The van der Waals surface area contributed by atoms with Gasteiger partial charge in [0.15, 0.2) is 6.19 Å². The Hall–Kier alpha value is -3.38. The van der Waals surface area contributed by atoms with E-state index in [0.717, 1.165) is 60.3 Å². The van der Waals surface area contributed by atoms with E-state index in [1.165, 1.54) is 16.7 Å². The van der Waals surface area contributed by atoms with E-state index in [0.29, 0.717) is 19.6 Å². The van der Waals surface area contributed by atoms with Crippen molar-refractivity contribution in [1.82, 2.24) is 30.7 Å². The van der Waals surface area contributed by atoms with E-state index in [-0.39, 0.29) is 12.2 Å². The summed E-state index contributed by atoms with van der Waals surface area (Å²) >= 11 is 0. The first-order chi connectivity index (χ1) is 19.2. The first-order valence-electron chi connectivity index (χ1n) is 14.6. The number of nitriles is 1. The van der Waals surface area contributed by atoms with Crippen LogP contribution < -0.4 is 16.0 Å². The SMILES string of the molecule is CCN(CC)C(=O)C(C)(C)c1ccc2[nH]c(-c3cc(C)cc(C)c3)c(CCNC(NC#N)N3CCNCC3)c2c1. The molecule has 1 aliphatic heterocycles. The molecule has 2 aromatic carbocycles. The lowest BCUT2D eigenvalue weighted by molar-refractivity contribution is -0.135. The monoisotopic (exact) mass is 543 g/mol. The number of piperazine rings is 1. The Balaban J connectivity index is 1.72. The van der Waals surface area contributed by atoms with Crippen LogP contribution in [-0.4, -0.2) is 72.8 Å². The fourth-order valence-corrected chi connectivity index (χ4v) is 5.90. The molecular weight excluding hydrogens is 498 g/mol. The van der Waals surface area contributed by atoms with E-state index in [1.54, 1.807) is 0 Å². The standard InChI is InChI=1S/C32H45N7O/c1-7-38(8-2)30(40)32(5,6)25-9-10-28-27(20-25)26(29(37-28)24-18-22(3)17-23(4)19-24)11-12-35-31(36-21-33)39-15-13-34-14-16-39/h9-10,17-20,31,34-37H,7-8,11-16H2,1-6H3. The lowest BCUT2D eigenvalue weighted by atomic mass is 9.82. The van der Waals surface area contributed by atoms with Crippen molar-refractivity contribution in [3.8, 4) is 17.5 Å². The number of carbonyl (C=O) groups excluding carboxylic acids is 1. The maximum Gasteiger partial charge on any atom is 0.232 e. The number of likely N-dealkylation sites (N-methyl/N-ethyl adjacent to an activating group) is 1. The molecular formula is C32H45N7O. The van der Waals surface area contributed by atoms with Gasteiger partial charge in [0, 0.05) is 62.4 Å². The summed E-state index contributed by atoms with van der Waals surface area (Å²) in [6, 6.07) is 13.1. The number of aromatic nitrogens is 1. The van der Waals surface area contributed by atoms with Crippen molar-refractivity contribution >= 4 is 16.8 Å². The van der Waals surface area contributed by atoms with Crippen molar-refractivity contribution in [2.45, 2.75) is 59.7 Å². The molecule has 0 spiro atoms. The maximum absolute atomic E-state index is 13.5. The van der Waals surface area contributed by atoms with Crippen LogP contribution in [0.15, 0.2) is 36.4 Å². The molecule has 40 heavy (non-hydrogen) atoms. The predicted molar refractivity (Wildman–Crippen MR) is 163 cm³/mol. The van der Waals surface area contributed by atoms with Gasteiger partial charge in [-0.15, -0.1) is 0 Å². The summed E-state index contributed by atoms with van der Waals surface area (Å²) in [5.74, 6) is 0.145. The van der Waals surface area contributed by atoms with Gasteiger partial charge in [0.1, 0.15) is 6.29 Å². The summed E-state index contributed by atoms with van der Waals surface area (Å²) in [5, 5.41) is 20.4. The van der Waals surface area contributed by atoms with Crippen molar-refractivity contribution in [3.05, 3.63) is 58.7 Å². The Labute approximate surface area is 239 Å². The normalized spacial score (nSPS) is 15.1. The van der Waals surface area contributed by atoms with Crippen LogP contribution in [0.3, 0.4) is 0 Å². The second-order valence-electron chi connectivity index (χ2n) is 11.4. The lowest BCUT2D eigenvalue weighted by Gasteiger charge is -2.34. The topological polar surface area (TPSA) is 99.2 Å². The fraction of sp³-hybridized carbons (Fsp3) is 0.500. The Morgan fingerprint density at radius 2 is 1.77 bits per heavy atom. The molecule has 4 N–H and O–H groups in total. The van der Waals surface area contributed by atoms with Crippen molar-refractivity contribution in [2.75, 3.05) is 45.8 Å². The number of aromatic amines is 1. The molecule has 0 bridgehead atoms. The van der Waals surface area contributed by atoms with Crippen LogP contribution in [0.5, 0.6) is 0 Å². The molecule has 1 fully saturated rings. The van der Waals surface area contributed by atoms with Gasteiger partial charge in [-0.05, 0) is 88.9 Å². The number of hydrogen-bond acceptors (Lipinski definition) is 6. The minimum Gasteiger partial charge on any atom is -0.354 e. The van der Waals surface area contributed by atoms with Gasteiger partial charge in [0.2, 0.25) is 5.91 Å². The molecule has 1 amide bonds. The number of nitrogens with zero attached hydrogens (tertiary/aromatic N) is 3. The highest BCUT2D eigenvalue weighted by Gasteiger charge is 2.33. The summed E-state index contributed by atoms with van der Waals surface area (Å²) in [5.41, 5.74) is 7.38.